The quantitative estimate of drug-likeness (QED) is 0.562. The molecule has 0 aliphatic carbocycles. The van der Waals surface area contributed by atoms with Crippen molar-refractivity contribution in [2.45, 2.75) is 45.4 Å². The van der Waals surface area contributed by atoms with Crippen molar-refractivity contribution < 1.29 is 13.2 Å². The van der Waals surface area contributed by atoms with E-state index in [0.29, 0.717) is 24.2 Å². The lowest BCUT2D eigenvalue weighted by Gasteiger charge is -2.20. The number of rotatable bonds is 9. The Morgan fingerprint density at radius 3 is 2.40 bits per heavy atom. The molecule has 25 heavy (non-hydrogen) atoms. The van der Waals surface area contributed by atoms with Gasteiger partial charge in [-0.15, -0.1) is 12.4 Å². The SMILES string of the molecule is CCCNCCNC(=O)c1cccc(CS(=O)(=O)NC(C)(C)C)c1.Cl. The van der Waals surface area contributed by atoms with Gasteiger partial charge in [-0.25, -0.2) is 13.1 Å². The van der Waals surface area contributed by atoms with Gasteiger partial charge in [-0.1, -0.05) is 19.1 Å². The number of benzene rings is 1. The molecule has 1 aromatic carbocycles. The average Bonchev–Trinajstić information content (AvgIpc) is 2.44. The van der Waals surface area contributed by atoms with Crippen LogP contribution >= 0.6 is 12.4 Å². The Balaban J connectivity index is 0.00000576. The zero-order valence-electron chi connectivity index (χ0n) is 15.4. The normalized spacial score (nSPS) is 11.7. The summed E-state index contributed by atoms with van der Waals surface area (Å²) in [4.78, 5) is 12.1. The predicted molar refractivity (Wildman–Crippen MR) is 105 cm³/mol. The van der Waals surface area contributed by atoms with Crippen LogP contribution in [0.15, 0.2) is 24.3 Å². The number of carbonyl (C=O) groups is 1. The third-order valence-corrected chi connectivity index (χ3v) is 4.66. The number of amides is 1. The minimum atomic E-state index is -3.45. The summed E-state index contributed by atoms with van der Waals surface area (Å²) in [7, 11) is -3.45. The fraction of sp³-hybridized carbons (Fsp3) is 0.588. The Bertz CT molecular complexity index is 643. The molecule has 6 nitrogen and oxygen atoms in total. The van der Waals surface area contributed by atoms with Crippen LogP contribution in [0, 0.1) is 0 Å². The van der Waals surface area contributed by atoms with Crippen molar-refractivity contribution in [2.75, 3.05) is 19.6 Å². The minimum Gasteiger partial charge on any atom is -0.351 e. The van der Waals surface area contributed by atoms with Crippen molar-refractivity contribution in [3.05, 3.63) is 35.4 Å². The van der Waals surface area contributed by atoms with E-state index in [0.717, 1.165) is 13.0 Å². The highest BCUT2D eigenvalue weighted by molar-refractivity contribution is 7.88. The topological polar surface area (TPSA) is 87.3 Å². The Morgan fingerprint density at radius 2 is 1.80 bits per heavy atom. The summed E-state index contributed by atoms with van der Waals surface area (Å²) in [6, 6.07) is 6.71. The molecule has 0 saturated heterocycles. The van der Waals surface area contributed by atoms with Crippen LogP contribution in [0.5, 0.6) is 0 Å². The summed E-state index contributed by atoms with van der Waals surface area (Å²) in [5.41, 5.74) is 0.525. The van der Waals surface area contributed by atoms with Gasteiger partial charge in [-0.2, -0.15) is 0 Å². The number of halogens is 1. The molecular formula is C17H30ClN3O3S. The number of hydrogen-bond donors (Lipinski definition) is 3. The molecule has 0 bridgehead atoms. The molecule has 144 valence electrons. The zero-order valence-corrected chi connectivity index (χ0v) is 17.0. The van der Waals surface area contributed by atoms with Gasteiger partial charge in [0.25, 0.3) is 5.91 Å². The van der Waals surface area contributed by atoms with Gasteiger partial charge < -0.3 is 10.6 Å². The zero-order chi connectivity index (χ0) is 18.2. The third kappa shape index (κ3) is 10.4. The lowest BCUT2D eigenvalue weighted by Crippen LogP contribution is -2.41. The molecule has 0 fully saturated rings. The van der Waals surface area contributed by atoms with Crippen LogP contribution < -0.4 is 15.4 Å². The van der Waals surface area contributed by atoms with Crippen molar-refractivity contribution in [1.29, 1.82) is 0 Å². The molecule has 0 aliphatic rings. The van der Waals surface area contributed by atoms with E-state index in [1.807, 2.05) is 0 Å². The summed E-state index contributed by atoms with van der Waals surface area (Å²) < 4.78 is 26.9. The van der Waals surface area contributed by atoms with E-state index in [1.54, 1.807) is 45.0 Å². The maximum atomic E-state index is 12.1. The van der Waals surface area contributed by atoms with Crippen molar-refractivity contribution in [2.24, 2.45) is 0 Å². The Kier molecular flexibility index (Phi) is 10.3. The van der Waals surface area contributed by atoms with Gasteiger partial charge in [-0.05, 0) is 51.4 Å². The summed E-state index contributed by atoms with van der Waals surface area (Å²) in [5, 5.41) is 6.02. The molecule has 0 heterocycles. The lowest BCUT2D eigenvalue weighted by molar-refractivity contribution is 0.0954. The number of hydrogen-bond acceptors (Lipinski definition) is 4. The van der Waals surface area contributed by atoms with Gasteiger partial charge in [0.15, 0.2) is 0 Å². The maximum absolute atomic E-state index is 12.1. The van der Waals surface area contributed by atoms with Crippen LogP contribution in [-0.2, 0) is 15.8 Å². The molecule has 0 unspecified atom stereocenters. The van der Waals surface area contributed by atoms with E-state index in [4.69, 9.17) is 0 Å². The average molecular weight is 392 g/mol. The molecule has 1 rings (SSSR count). The number of sulfonamides is 1. The van der Waals surface area contributed by atoms with Gasteiger partial charge in [0.2, 0.25) is 10.0 Å². The standard InChI is InChI=1S/C17H29N3O3S.ClH/c1-5-9-18-10-11-19-16(21)15-8-6-7-14(12-15)13-24(22,23)20-17(2,3)4;/h6-8,12,18,20H,5,9-11,13H2,1-4H3,(H,19,21);1H. The van der Waals surface area contributed by atoms with E-state index in [-0.39, 0.29) is 24.1 Å². The Morgan fingerprint density at radius 1 is 1.12 bits per heavy atom. The third-order valence-electron chi connectivity index (χ3n) is 3.02. The molecule has 0 aromatic heterocycles. The van der Waals surface area contributed by atoms with Crippen LogP contribution in [0.1, 0.15) is 50.0 Å². The lowest BCUT2D eigenvalue weighted by atomic mass is 10.1. The van der Waals surface area contributed by atoms with Crippen molar-refractivity contribution in [3.63, 3.8) is 0 Å². The van der Waals surface area contributed by atoms with E-state index < -0.39 is 15.6 Å². The molecule has 1 aromatic rings. The second-order valence-corrected chi connectivity index (χ2v) is 8.54. The highest BCUT2D eigenvalue weighted by Crippen LogP contribution is 2.11. The van der Waals surface area contributed by atoms with Gasteiger partial charge in [0.05, 0.1) is 5.75 Å². The number of carbonyl (C=O) groups excluding carboxylic acids is 1. The summed E-state index contributed by atoms with van der Waals surface area (Å²) in [5.74, 6) is -0.347. The first kappa shape index (κ1) is 23.9. The van der Waals surface area contributed by atoms with E-state index in [1.165, 1.54) is 0 Å². The Hall–Kier alpha value is -1.15. The van der Waals surface area contributed by atoms with Crippen LogP contribution in [0.2, 0.25) is 0 Å². The summed E-state index contributed by atoms with van der Waals surface area (Å²) in [6.07, 6.45) is 1.05. The van der Waals surface area contributed by atoms with Crippen molar-refractivity contribution in [1.82, 2.24) is 15.4 Å². The molecule has 3 N–H and O–H groups in total. The maximum Gasteiger partial charge on any atom is 0.251 e. The molecule has 8 heteroatoms. The molecule has 0 saturated carbocycles. The fourth-order valence-electron chi connectivity index (χ4n) is 2.19. The molecule has 0 radical (unpaired) electrons. The monoisotopic (exact) mass is 391 g/mol. The molecule has 1 amide bonds. The van der Waals surface area contributed by atoms with Gasteiger partial charge in [0, 0.05) is 24.2 Å². The fourth-order valence-corrected chi connectivity index (χ4v) is 3.82. The smallest absolute Gasteiger partial charge is 0.251 e. The van der Waals surface area contributed by atoms with E-state index in [9.17, 15) is 13.2 Å². The first-order valence-corrected chi connectivity index (χ1v) is 9.88. The van der Waals surface area contributed by atoms with Crippen LogP contribution in [-0.4, -0.2) is 39.5 Å². The predicted octanol–water partition coefficient (Wildman–Crippen LogP) is 2.06. The summed E-state index contributed by atoms with van der Waals surface area (Å²) in [6.45, 7) is 9.63. The molecule has 0 spiro atoms. The first-order valence-electron chi connectivity index (χ1n) is 8.22. The van der Waals surface area contributed by atoms with E-state index >= 15 is 0 Å². The Labute approximate surface area is 157 Å². The number of nitrogens with one attached hydrogen (secondary N) is 3. The van der Waals surface area contributed by atoms with Crippen molar-refractivity contribution in [3.8, 4) is 0 Å². The van der Waals surface area contributed by atoms with Crippen molar-refractivity contribution >= 4 is 28.3 Å². The van der Waals surface area contributed by atoms with Gasteiger partial charge >= 0.3 is 0 Å². The minimum absolute atomic E-state index is 0. The summed E-state index contributed by atoms with van der Waals surface area (Å²) >= 11 is 0. The van der Waals surface area contributed by atoms with Gasteiger partial charge in [0.1, 0.15) is 0 Å². The van der Waals surface area contributed by atoms with E-state index in [2.05, 4.69) is 22.3 Å². The van der Waals surface area contributed by atoms with Crippen LogP contribution in [0.3, 0.4) is 0 Å². The highest BCUT2D eigenvalue weighted by atomic mass is 35.5. The molecule has 0 atom stereocenters. The first-order chi connectivity index (χ1) is 11.1. The second-order valence-electron chi connectivity index (χ2n) is 6.82. The van der Waals surface area contributed by atoms with Crippen LogP contribution in [0.4, 0.5) is 0 Å². The highest BCUT2D eigenvalue weighted by Gasteiger charge is 2.20. The van der Waals surface area contributed by atoms with Crippen LogP contribution in [0.25, 0.3) is 0 Å². The molecule has 0 aliphatic heterocycles. The largest absolute Gasteiger partial charge is 0.351 e. The van der Waals surface area contributed by atoms with Gasteiger partial charge in [-0.3, -0.25) is 4.79 Å². The second kappa shape index (κ2) is 10.8. The molecular weight excluding hydrogens is 362 g/mol.